The van der Waals surface area contributed by atoms with Crippen molar-refractivity contribution in [2.75, 3.05) is 6.61 Å². The first-order valence-corrected chi connectivity index (χ1v) is 16.8. The number of nitrogens with one attached hydrogen (secondary N) is 1. The first-order chi connectivity index (χ1) is 19.3. The molecule has 0 saturated heterocycles. The lowest BCUT2D eigenvalue weighted by Crippen LogP contribution is -2.66. The Labute approximate surface area is 248 Å². The minimum absolute atomic E-state index is 0.217. The highest BCUT2D eigenvalue weighted by atomic mass is 28.4. The lowest BCUT2D eigenvalue weighted by Gasteiger charge is -2.43. The maximum Gasteiger partial charge on any atom is 0.408 e. The quantitative estimate of drug-likeness (QED) is 0.142. The summed E-state index contributed by atoms with van der Waals surface area (Å²) in [4.78, 5) is 25.4. The molecule has 0 heterocycles. The summed E-state index contributed by atoms with van der Waals surface area (Å²) in [5.74, 6) is -1.52. The lowest BCUT2D eigenvalue weighted by molar-refractivity contribution is -0.140. The number of hydrogen-bond donors (Lipinski definition) is 2. The van der Waals surface area contributed by atoms with E-state index >= 15 is 0 Å². The average Bonchev–Trinajstić information content (AvgIpc) is 2.89. The molecule has 0 fully saturated rings. The molecule has 0 spiro atoms. The van der Waals surface area contributed by atoms with Crippen molar-refractivity contribution in [1.82, 2.24) is 5.32 Å². The summed E-state index contributed by atoms with van der Waals surface area (Å²) >= 11 is 0. The van der Waals surface area contributed by atoms with Crippen LogP contribution >= 0.6 is 0 Å². The van der Waals surface area contributed by atoms with Crippen molar-refractivity contribution in [2.24, 2.45) is 5.92 Å². The van der Waals surface area contributed by atoms with Crippen molar-refractivity contribution in [3.05, 3.63) is 72.3 Å². The highest BCUT2D eigenvalue weighted by Gasteiger charge is 2.50. The molecule has 2 N–H and O–H groups in total. The molecule has 7 heteroatoms. The molecule has 226 valence electrons. The average molecular weight is 582 g/mol. The van der Waals surface area contributed by atoms with Crippen molar-refractivity contribution in [2.45, 2.75) is 104 Å². The van der Waals surface area contributed by atoms with E-state index < -0.39 is 37.9 Å². The Morgan fingerprint density at radius 3 is 1.85 bits per heavy atom. The molecule has 0 radical (unpaired) electrons. The Morgan fingerprint density at radius 2 is 1.44 bits per heavy atom. The Bertz CT molecular complexity index is 1080. The molecule has 0 bridgehead atoms. The summed E-state index contributed by atoms with van der Waals surface area (Å²) in [5.41, 5.74) is 0.166. The van der Waals surface area contributed by atoms with Crippen molar-refractivity contribution < 1.29 is 23.9 Å². The van der Waals surface area contributed by atoms with Gasteiger partial charge in [0.05, 0.1) is 6.61 Å². The molecule has 0 unspecified atom stereocenters. The van der Waals surface area contributed by atoms with Crippen LogP contribution in [0, 0.1) is 5.92 Å². The standard InChI is InChI=1S/C34H51NO5Si/c1-9-11-14-24-29(30(31(36)37)35-32(38)40-33(3,4)5)26(19-10-2)25-39-41(34(6,7)8,27-20-15-12-16-21-27)28-22-17-13-18-23-28/h12-13,15-23,29-30H,9-11,14,24-25H2,1-8H3,(H,35,38)(H,36,37)/b26-19+/t29-,30+/m1/s1. The number of carboxylic acids is 1. The fourth-order valence-electron chi connectivity index (χ4n) is 5.48. The number of benzene rings is 2. The molecule has 0 aliphatic rings. The van der Waals surface area contributed by atoms with Crippen LogP contribution in [0.25, 0.3) is 0 Å². The molecule has 41 heavy (non-hydrogen) atoms. The van der Waals surface area contributed by atoms with E-state index in [0.717, 1.165) is 31.3 Å². The summed E-state index contributed by atoms with van der Waals surface area (Å²) in [7, 11) is -2.85. The minimum atomic E-state index is -2.85. The summed E-state index contributed by atoms with van der Waals surface area (Å²) in [6, 6.07) is 19.7. The highest BCUT2D eigenvalue weighted by molar-refractivity contribution is 6.99. The Kier molecular flexibility index (Phi) is 12.8. The zero-order valence-corrected chi connectivity index (χ0v) is 27.3. The Balaban J connectivity index is 2.59. The Morgan fingerprint density at radius 1 is 0.902 bits per heavy atom. The molecule has 0 saturated carbocycles. The molecular formula is C34H51NO5Si. The summed E-state index contributed by atoms with van der Waals surface area (Å²) in [6.45, 7) is 16.4. The third-order valence-corrected chi connectivity index (χ3v) is 12.3. The van der Waals surface area contributed by atoms with E-state index in [1.165, 1.54) is 10.4 Å². The molecule has 0 aromatic heterocycles. The normalized spacial score (nSPS) is 14.3. The number of aliphatic carboxylic acids is 1. The van der Waals surface area contributed by atoms with Crippen LogP contribution in [-0.2, 0) is 14.0 Å². The number of hydrogen-bond acceptors (Lipinski definition) is 4. The smallest absolute Gasteiger partial charge is 0.408 e. The van der Waals surface area contributed by atoms with Crippen molar-refractivity contribution in [3.8, 4) is 0 Å². The summed E-state index contributed by atoms with van der Waals surface area (Å²) < 4.78 is 12.7. The van der Waals surface area contributed by atoms with Gasteiger partial charge in [0.2, 0.25) is 0 Å². The predicted molar refractivity (Wildman–Crippen MR) is 170 cm³/mol. The predicted octanol–water partition coefficient (Wildman–Crippen LogP) is 7.07. The molecule has 0 aliphatic carbocycles. The van der Waals surface area contributed by atoms with Gasteiger partial charge in [-0.1, -0.05) is 121 Å². The second-order valence-electron chi connectivity index (χ2n) is 12.7. The largest absolute Gasteiger partial charge is 0.480 e. The van der Waals surface area contributed by atoms with Gasteiger partial charge in [0.25, 0.3) is 8.32 Å². The van der Waals surface area contributed by atoms with Gasteiger partial charge >= 0.3 is 12.1 Å². The zero-order chi connectivity index (χ0) is 30.7. The molecule has 2 aromatic rings. The number of amides is 1. The third kappa shape index (κ3) is 9.57. The summed E-state index contributed by atoms with van der Waals surface area (Å²) in [6.07, 6.45) is 5.54. The van der Waals surface area contributed by atoms with E-state index in [9.17, 15) is 14.7 Å². The molecule has 6 nitrogen and oxygen atoms in total. The van der Waals surface area contributed by atoms with Crippen molar-refractivity contribution >= 4 is 30.8 Å². The van der Waals surface area contributed by atoms with Gasteiger partial charge in [-0.25, -0.2) is 9.59 Å². The molecule has 1 amide bonds. The highest BCUT2D eigenvalue weighted by Crippen LogP contribution is 2.38. The topological polar surface area (TPSA) is 84.9 Å². The van der Waals surface area contributed by atoms with Gasteiger partial charge in [-0.3, -0.25) is 0 Å². The van der Waals surface area contributed by atoms with Crippen molar-refractivity contribution in [1.29, 1.82) is 0 Å². The summed E-state index contributed by atoms with van der Waals surface area (Å²) in [5, 5.41) is 15.1. The van der Waals surface area contributed by atoms with E-state index in [2.05, 4.69) is 87.6 Å². The first kappa shape index (κ1) is 34.3. The number of rotatable bonds is 14. The number of ether oxygens (including phenoxy) is 1. The fourth-order valence-corrected chi connectivity index (χ4v) is 10.0. The van der Waals surface area contributed by atoms with E-state index in [1.807, 2.05) is 19.1 Å². The molecule has 0 aliphatic heterocycles. The van der Waals surface area contributed by atoms with Crippen LogP contribution in [0.5, 0.6) is 0 Å². The maximum absolute atomic E-state index is 12.8. The van der Waals surface area contributed by atoms with Crippen LogP contribution in [0.2, 0.25) is 5.04 Å². The Hall–Kier alpha value is -2.90. The van der Waals surface area contributed by atoms with Gasteiger partial charge in [0.1, 0.15) is 11.6 Å². The van der Waals surface area contributed by atoms with E-state index in [-0.39, 0.29) is 11.6 Å². The minimum Gasteiger partial charge on any atom is -0.480 e. The van der Waals surface area contributed by atoms with Crippen LogP contribution in [0.1, 0.15) is 87.5 Å². The number of carbonyl (C=O) groups is 2. The van der Waals surface area contributed by atoms with Crippen LogP contribution in [0.15, 0.2) is 72.3 Å². The number of alkyl carbamates (subject to hydrolysis) is 1. The lowest BCUT2D eigenvalue weighted by atomic mass is 9.86. The van der Waals surface area contributed by atoms with Gasteiger partial charge in [0.15, 0.2) is 0 Å². The second kappa shape index (κ2) is 15.4. The van der Waals surface area contributed by atoms with E-state index in [1.54, 1.807) is 20.8 Å². The van der Waals surface area contributed by atoms with Gasteiger partial charge in [-0.2, -0.15) is 0 Å². The van der Waals surface area contributed by atoms with Crippen LogP contribution in [0.4, 0.5) is 4.79 Å². The maximum atomic E-state index is 12.8. The van der Waals surface area contributed by atoms with Crippen LogP contribution in [-0.4, -0.2) is 43.7 Å². The van der Waals surface area contributed by atoms with E-state index in [0.29, 0.717) is 6.42 Å². The van der Waals surface area contributed by atoms with Gasteiger partial charge in [-0.15, -0.1) is 0 Å². The first-order valence-electron chi connectivity index (χ1n) is 14.9. The SMILES string of the molecule is CC/C=C(\CO[Si](c1ccccc1)(c1ccccc1)C(C)(C)C)[C@@H](CCCCC)[C@H](NC(=O)OC(C)(C)C)C(=O)O. The third-order valence-electron chi connectivity index (χ3n) is 7.27. The number of allylic oxidation sites excluding steroid dienone is 1. The van der Waals surface area contributed by atoms with Crippen molar-refractivity contribution in [3.63, 3.8) is 0 Å². The molecular weight excluding hydrogens is 530 g/mol. The van der Waals surface area contributed by atoms with Gasteiger partial charge < -0.3 is 19.6 Å². The van der Waals surface area contributed by atoms with Crippen LogP contribution < -0.4 is 15.7 Å². The van der Waals surface area contributed by atoms with Crippen LogP contribution in [0.3, 0.4) is 0 Å². The number of unbranched alkanes of at least 4 members (excludes halogenated alkanes) is 2. The monoisotopic (exact) mass is 581 g/mol. The van der Waals surface area contributed by atoms with E-state index in [4.69, 9.17) is 9.16 Å². The fraction of sp³-hybridized carbons (Fsp3) is 0.529. The number of carbonyl (C=O) groups excluding carboxylic acids is 1. The van der Waals surface area contributed by atoms with Gasteiger partial charge in [0, 0.05) is 5.92 Å². The van der Waals surface area contributed by atoms with Gasteiger partial charge in [-0.05, 0) is 54.6 Å². The zero-order valence-electron chi connectivity index (χ0n) is 26.3. The molecule has 2 rings (SSSR count). The molecule has 2 aromatic carbocycles. The molecule has 2 atom stereocenters. The second-order valence-corrected chi connectivity index (χ2v) is 17.0. The number of carboxylic acid groups (broad SMARTS) is 1.